The molecule has 4 N–H and O–H groups in total. The van der Waals surface area contributed by atoms with Crippen molar-refractivity contribution in [2.24, 2.45) is 5.92 Å². The Kier molecular flexibility index (Phi) is 26.6. The fraction of sp³-hybridized carbons (Fsp3) is 0.534. The first-order valence-electron chi connectivity index (χ1n) is 26.2. The predicted molar refractivity (Wildman–Crippen MR) is 292 cm³/mol. The number of carbonyl (C=O) groups is 4. The highest BCUT2D eigenvalue weighted by atomic mass is 19.1. The van der Waals surface area contributed by atoms with Gasteiger partial charge in [0.1, 0.15) is 17.9 Å². The minimum atomic E-state index is -0.241. The molecule has 0 bridgehead atoms. The van der Waals surface area contributed by atoms with Gasteiger partial charge < -0.3 is 31.1 Å². The van der Waals surface area contributed by atoms with Crippen molar-refractivity contribution in [2.45, 2.75) is 132 Å². The molecule has 0 spiro atoms. The zero-order valence-electron chi connectivity index (χ0n) is 45.4. The van der Waals surface area contributed by atoms with Crippen LogP contribution in [0.5, 0.6) is 0 Å². The van der Waals surface area contributed by atoms with Gasteiger partial charge in [0.2, 0.25) is 5.91 Å². The number of anilines is 2. The highest BCUT2D eigenvalue weighted by Crippen LogP contribution is 2.35. The number of likely N-dealkylation sites (N-methyl/N-ethyl adjacent to an activating group) is 1. The lowest BCUT2D eigenvalue weighted by Crippen LogP contribution is -2.42. The van der Waals surface area contributed by atoms with Gasteiger partial charge in [-0.1, -0.05) is 45.4 Å². The van der Waals surface area contributed by atoms with Crippen molar-refractivity contribution in [3.8, 4) is 0 Å². The van der Waals surface area contributed by atoms with Crippen LogP contribution in [-0.2, 0) is 14.4 Å². The lowest BCUT2D eigenvalue weighted by atomic mass is 9.85. The standard InChI is InChI=1S/C43H63FN6O2.C7H8FN.C6H9NO2.C2H6/c1-9-19-48(20-10-2)30-35-12-22-50(23-13-35)43(52)37-27-32(4)42(40(44)29-37)36-14-24-49(25-15-36)34(6)31(3)28-39-33(5)46-18-11-41(39)47(8)21-16-38(45-7)17-26-51;1-5-2-3-6(9)4-7(5)8;8-5-2-1-3-6(9)7-4-5;1-2/h11,16-18,21,26-29,34-36,45H,9-10,12-15,19-20,22-25,30H2,1-8H3;2-4H,9H2,1H3;1-4H2,(H,7,9);1-2H3/b21-16-,31-28+,38-17+;;;. The number of piperidine rings is 2. The van der Waals surface area contributed by atoms with E-state index in [0.29, 0.717) is 42.0 Å². The second kappa shape index (κ2) is 31.7. The first-order valence-corrected chi connectivity index (χ1v) is 26.2. The second-order valence-corrected chi connectivity index (χ2v) is 19.0. The van der Waals surface area contributed by atoms with Crippen LogP contribution in [0.1, 0.15) is 144 Å². The van der Waals surface area contributed by atoms with E-state index in [2.05, 4.69) is 59.2 Å². The van der Waals surface area contributed by atoms with Crippen LogP contribution in [0.25, 0.3) is 6.08 Å². The molecule has 14 heteroatoms. The van der Waals surface area contributed by atoms with Crippen LogP contribution >= 0.6 is 0 Å². The Morgan fingerprint density at radius 3 is 2.19 bits per heavy atom. The predicted octanol–water partition coefficient (Wildman–Crippen LogP) is 10.3. The number of pyridine rings is 1. The van der Waals surface area contributed by atoms with Gasteiger partial charge in [-0.15, -0.1) is 0 Å². The zero-order valence-corrected chi connectivity index (χ0v) is 45.4. The molecule has 0 radical (unpaired) electrons. The van der Waals surface area contributed by atoms with Gasteiger partial charge in [-0.3, -0.25) is 29.1 Å². The molecule has 3 saturated heterocycles. The number of aldehydes is 1. The maximum Gasteiger partial charge on any atom is 0.253 e. The summed E-state index contributed by atoms with van der Waals surface area (Å²) in [6.45, 7) is 25.4. The minimum absolute atomic E-state index is 0.000787. The van der Waals surface area contributed by atoms with Crippen molar-refractivity contribution >= 4 is 41.3 Å². The summed E-state index contributed by atoms with van der Waals surface area (Å²) in [7, 11) is 3.78. The Morgan fingerprint density at radius 2 is 1.61 bits per heavy atom. The lowest BCUT2D eigenvalue weighted by Gasteiger charge is -2.37. The van der Waals surface area contributed by atoms with Crippen LogP contribution < -0.4 is 21.3 Å². The maximum absolute atomic E-state index is 15.9. The van der Waals surface area contributed by atoms with Crippen LogP contribution in [0.4, 0.5) is 20.2 Å². The van der Waals surface area contributed by atoms with Crippen LogP contribution in [0, 0.1) is 38.3 Å². The number of Topliss-reactive ketones (excluding diaryl/α,β-unsaturated/α-hetero) is 1. The van der Waals surface area contributed by atoms with E-state index >= 15 is 4.39 Å². The highest BCUT2D eigenvalue weighted by molar-refractivity contribution is 5.94. The molecular formula is C58H86F2N8O4. The summed E-state index contributed by atoms with van der Waals surface area (Å²) < 4.78 is 28.4. The van der Waals surface area contributed by atoms with Crippen LogP contribution in [-0.4, -0.2) is 116 Å². The number of hydrogen-bond acceptors (Lipinski definition) is 10. The summed E-state index contributed by atoms with van der Waals surface area (Å²) in [6, 6.07) is 10.3. The number of amides is 2. The summed E-state index contributed by atoms with van der Waals surface area (Å²) in [5.41, 5.74) is 13.5. The average Bonchev–Trinajstić information content (AvgIpc) is 3.57. The molecule has 6 rings (SSSR count). The summed E-state index contributed by atoms with van der Waals surface area (Å²) >= 11 is 0. The Balaban J connectivity index is 0.000000564. The number of rotatable bonds is 16. The summed E-state index contributed by atoms with van der Waals surface area (Å²) in [4.78, 5) is 59.2. The van der Waals surface area contributed by atoms with Gasteiger partial charge in [-0.25, -0.2) is 8.78 Å². The molecule has 4 heterocycles. The number of benzene rings is 2. The third-order valence-corrected chi connectivity index (χ3v) is 13.7. The van der Waals surface area contributed by atoms with Crippen molar-refractivity contribution in [3.05, 3.63) is 117 Å². The maximum atomic E-state index is 15.9. The molecular weight excluding hydrogens is 911 g/mol. The molecule has 3 aliphatic rings. The van der Waals surface area contributed by atoms with Gasteiger partial charge in [0.05, 0.1) is 12.2 Å². The fourth-order valence-corrected chi connectivity index (χ4v) is 9.45. The van der Waals surface area contributed by atoms with Crippen molar-refractivity contribution in [2.75, 3.05) is 77.1 Å². The molecule has 3 aliphatic heterocycles. The minimum Gasteiger partial charge on any atom is -0.399 e. The van der Waals surface area contributed by atoms with E-state index in [4.69, 9.17) is 5.73 Å². The first-order chi connectivity index (χ1) is 34.5. The summed E-state index contributed by atoms with van der Waals surface area (Å²) in [6.07, 6.45) is 18.0. The average molecular weight is 997 g/mol. The Labute approximate surface area is 430 Å². The number of aromatic nitrogens is 1. The molecule has 1 aromatic heterocycles. The fourth-order valence-electron chi connectivity index (χ4n) is 9.45. The monoisotopic (exact) mass is 997 g/mol. The molecule has 0 aliphatic carbocycles. The second-order valence-electron chi connectivity index (χ2n) is 19.0. The quantitative estimate of drug-likeness (QED) is 0.0549. The number of nitrogen functional groups attached to an aromatic ring is 1. The van der Waals surface area contributed by atoms with Crippen LogP contribution in [0.2, 0.25) is 0 Å². The number of halogens is 2. The largest absolute Gasteiger partial charge is 0.399 e. The normalized spacial score (nSPS) is 16.6. The summed E-state index contributed by atoms with van der Waals surface area (Å²) in [5, 5.41) is 5.52. The van der Waals surface area contributed by atoms with E-state index in [9.17, 15) is 23.6 Å². The number of carbonyl (C=O) groups excluding carboxylic acids is 4. The van der Waals surface area contributed by atoms with E-state index in [1.54, 1.807) is 26.1 Å². The number of aryl methyl sites for hydroxylation is 3. The van der Waals surface area contributed by atoms with Gasteiger partial charge >= 0.3 is 0 Å². The molecule has 396 valence electrons. The lowest BCUT2D eigenvalue weighted by molar-refractivity contribution is -0.123. The van der Waals surface area contributed by atoms with Crippen LogP contribution in [0.3, 0.4) is 0 Å². The Bertz CT molecular complexity index is 2250. The van der Waals surface area contributed by atoms with E-state index in [0.717, 1.165) is 112 Å². The van der Waals surface area contributed by atoms with E-state index in [1.165, 1.54) is 36.6 Å². The topological polar surface area (TPSA) is 144 Å². The van der Waals surface area contributed by atoms with E-state index in [-0.39, 0.29) is 47.7 Å². The number of nitrogens with zero attached hydrogens (tertiary/aromatic N) is 5. The first kappa shape index (κ1) is 60.6. The molecule has 2 amide bonds. The third kappa shape index (κ3) is 19.0. The Morgan fingerprint density at radius 1 is 0.944 bits per heavy atom. The molecule has 72 heavy (non-hydrogen) atoms. The zero-order chi connectivity index (χ0) is 53.3. The van der Waals surface area contributed by atoms with Crippen molar-refractivity contribution in [3.63, 3.8) is 0 Å². The van der Waals surface area contributed by atoms with Gasteiger partial charge in [0.25, 0.3) is 5.91 Å². The van der Waals surface area contributed by atoms with Crippen LogP contribution in [0.15, 0.2) is 72.2 Å². The molecule has 3 aromatic rings. The molecule has 12 nitrogen and oxygen atoms in total. The van der Waals surface area contributed by atoms with Gasteiger partial charge in [-0.05, 0) is 171 Å². The number of nitrogens with one attached hydrogen (secondary N) is 2. The smallest absolute Gasteiger partial charge is 0.253 e. The van der Waals surface area contributed by atoms with Gasteiger partial charge in [-0.2, -0.15) is 0 Å². The molecule has 1 unspecified atom stereocenters. The molecule has 1 atom stereocenters. The number of likely N-dealkylation sites (tertiary alicyclic amines) is 2. The third-order valence-electron chi connectivity index (χ3n) is 13.7. The molecule has 0 saturated carbocycles. The van der Waals surface area contributed by atoms with Gasteiger partial charge in [0.15, 0.2) is 5.78 Å². The highest BCUT2D eigenvalue weighted by Gasteiger charge is 2.30. The molecule has 2 aromatic carbocycles. The number of ketones is 1. The van der Waals surface area contributed by atoms with Crippen molar-refractivity contribution in [1.29, 1.82) is 0 Å². The Hall–Kier alpha value is -5.73. The van der Waals surface area contributed by atoms with Crippen molar-refractivity contribution in [1.82, 2.24) is 30.3 Å². The number of hydrogen-bond donors (Lipinski definition) is 3. The molecule has 3 fully saturated rings. The number of allylic oxidation sites excluding steroid dienone is 2. The van der Waals surface area contributed by atoms with Crippen molar-refractivity contribution < 1.29 is 28.0 Å². The van der Waals surface area contributed by atoms with E-state index in [1.807, 2.05) is 75.1 Å². The SMILES string of the molecule is CC.CCCN(CCC)CC1CCN(C(=O)c2cc(C)c(C3CCN(C(C)/C(C)=C/c4c(N(C)/C=C\C(=C/C=O)NC)ccnc4C)CC3)c(F)c2)CC1.Cc1ccc(N)cc1F.O=C1CCCC(=O)NC1. The number of nitrogens with two attached hydrogens (primary N) is 1. The van der Waals surface area contributed by atoms with E-state index < -0.39 is 0 Å². The van der Waals surface area contributed by atoms with Gasteiger partial charge in [0, 0.05) is 99.3 Å². The summed E-state index contributed by atoms with van der Waals surface area (Å²) in [5.74, 6) is 0.370.